The van der Waals surface area contributed by atoms with E-state index in [1.807, 2.05) is 38.1 Å². The van der Waals surface area contributed by atoms with Crippen LogP contribution in [0.25, 0.3) is 10.9 Å². The number of hydrogen-bond acceptors (Lipinski definition) is 3. The summed E-state index contributed by atoms with van der Waals surface area (Å²) in [6, 6.07) is 12.1. The van der Waals surface area contributed by atoms with Gasteiger partial charge in [-0.15, -0.1) is 0 Å². The number of sulfonamides is 1. The van der Waals surface area contributed by atoms with Crippen molar-refractivity contribution in [3.05, 3.63) is 58.4 Å². The molecular weight excluding hydrogens is 350 g/mol. The molecule has 0 bridgehead atoms. The molecule has 0 saturated heterocycles. The molecule has 0 saturated carbocycles. The Morgan fingerprint density at radius 2 is 1.73 bits per heavy atom. The molecule has 0 aliphatic heterocycles. The van der Waals surface area contributed by atoms with Crippen molar-refractivity contribution < 1.29 is 8.42 Å². The number of aromatic amines is 2. The number of hydrogen-bond donors (Lipinski definition) is 2. The van der Waals surface area contributed by atoms with Gasteiger partial charge in [0.05, 0.1) is 21.5 Å². The molecule has 6 nitrogen and oxygen atoms in total. The molecule has 26 heavy (non-hydrogen) atoms. The number of aromatic nitrogens is 2. The van der Waals surface area contributed by atoms with Crippen LogP contribution in [0.3, 0.4) is 0 Å². The summed E-state index contributed by atoms with van der Waals surface area (Å²) in [6.45, 7) is 6.36. The van der Waals surface area contributed by atoms with Crippen LogP contribution in [0.1, 0.15) is 26.3 Å². The third-order valence-corrected chi connectivity index (χ3v) is 6.09. The Morgan fingerprint density at radius 1 is 1.04 bits per heavy atom. The van der Waals surface area contributed by atoms with Gasteiger partial charge in [0.2, 0.25) is 0 Å². The zero-order chi connectivity index (χ0) is 18.9. The van der Waals surface area contributed by atoms with Gasteiger partial charge in [0, 0.05) is 6.54 Å². The maximum atomic E-state index is 13.3. The second kappa shape index (κ2) is 6.99. The number of anilines is 1. The van der Waals surface area contributed by atoms with E-state index in [1.54, 1.807) is 6.07 Å². The van der Waals surface area contributed by atoms with E-state index in [0.29, 0.717) is 23.1 Å². The molecule has 0 aliphatic carbocycles. The molecular formula is C19H23N3O3S. The number of fused-ring (bicyclic) bond motifs is 1. The fourth-order valence-electron chi connectivity index (χ4n) is 2.87. The molecule has 1 aromatic heterocycles. The van der Waals surface area contributed by atoms with E-state index in [4.69, 9.17) is 0 Å². The van der Waals surface area contributed by atoms with Crippen LogP contribution >= 0.6 is 0 Å². The van der Waals surface area contributed by atoms with E-state index in [2.05, 4.69) is 17.1 Å². The molecule has 3 rings (SSSR count). The van der Waals surface area contributed by atoms with E-state index >= 15 is 0 Å². The van der Waals surface area contributed by atoms with Crippen molar-refractivity contribution in [3.63, 3.8) is 0 Å². The molecule has 7 heteroatoms. The first-order valence-electron chi connectivity index (χ1n) is 8.65. The highest BCUT2D eigenvalue weighted by atomic mass is 32.2. The van der Waals surface area contributed by atoms with Gasteiger partial charge >= 0.3 is 0 Å². The summed E-state index contributed by atoms with van der Waals surface area (Å²) >= 11 is 0. The SMILES string of the molecule is CCc1ccc(N(CC(C)C)S(=O)(=O)c2ccc3[nH][nH]c(=O)c3c2)cc1. The van der Waals surface area contributed by atoms with E-state index in [1.165, 1.54) is 16.4 Å². The van der Waals surface area contributed by atoms with Crippen LogP contribution in [0.15, 0.2) is 52.2 Å². The van der Waals surface area contributed by atoms with Gasteiger partial charge in [0.1, 0.15) is 0 Å². The third kappa shape index (κ3) is 3.39. The fraction of sp³-hybridized carbons (Fsp3) is 0.316. The van der Waals surface area contributed by atoms with Gasteiger partial charge < -0.3 is 0 Å². The summed E-state index contributed by atoms with van der Waals surface area (Å²) in [7, 11) is -3.79. The van der Waals surface area contributed by atoms with Crippen molar-refractivity contribution in [1.82, 2.24) is 10.2 Å². The number of benzene rings is 2. The molecule has 2 N–H and O–H groups in total. The van der Waals surface area contributed by atoms with Crippen LogP contribution in [0.2, 0.25) is 0 Å². The van der Waals surface area contributed by atoms with Gasteiger partial charge in [-0.05, 0) is 48.2 Å². The standard InChI is InChI=1S/C19H23N3O3S/c1-4-14-5-7-15(8-6-14)22(12-13(2)3)26(24,25)16-9-10-18-17(11-16)19(23)21-20-18/h5-11,13H,4,12H2,1-3H3,(H2,20,21,23). The minimum absolute atomic E-state index is 0.107. The highest BCUT2D eigenvalue weighted by Crippen LogP contribution is 2.26. The summed E-state index contributed by atoms with van der Waals surface area (Å²) in [5.41, 5.74) is 2.02. The van der Waals surface area contributed by atoms with Crippen molar-refractivity contribution in [2.45, 2.75) is 32.1 Å². The molecule has 138 valence electrons. The van der Waals surface area contributed by atoms with Crippen molar-refractivity contribution in [3.8, 4) is 0 Å². The Kier molecular flexibility index (Phi) is 4.91. The van der Waals surface area contributed by atoms with Gasteiger partial charge in [-0.25, -0.2) is 8.42 Å². The van der Waals surface area contributed by atoms with Crippen molar-refractivity contribution in [2.24, 2.45) is 5.92 Å². The maximum Gasteiger partial charge on any atom is 0.271 e. The summed E-state index contributed by atoms with van der Waals surface area (Å²) in [5, 5.41) is 5.53. The van der Waals surface area contributed by atoms with Gasteiger partial charge in [0.25, 0.3) is 15.6 Å². The number of rotatable bonds is 6. The summed E-state index contributed by atoms with van der Waals surface area (Å²) in [6.07, 6.45) is 0.893. The zero-order valence-corrected chi connectivity index (χ0v) is 15.9. The van der Waals surface area contributed by atoms with Crippen molar-refractivity contribution in [2.75, 3.05) is 10.8 Å². The van der Waals surface area contributed by atoms with Crippen LogP contribution in [0.5, 0.6) is 0 Å². The number of aryl methyl sites for hydroxylation is 1. The second-order valence-corrected chi connectivity index (χ2v) is 8.60. The van der Waals surface area contributed by atoms with E-state index in [0.717, 1.165) is 12.0 Å². The predicted molar refractivity (Wildman–Crippen MR) is 104 cm³/mol. The van der Waals surface area contributed by atoms with Crippen LogP contribution in [0.4, 0.5) is 5.69 Å². The lowest BCUT2D eigenvalue weighted by atomic mass is 10.1. The van der Waals surface area contributed by atoms with Crippen molar-refractivity contribution >= 4 is 26.6 Å². The first-order chi connectivity index (χ1) is 12.3. The first kappa shape index (κ1) is 18.3. The quantitative estimate of drug-likeness (QED) is 0.695. The lowest BCUT2D eigenvalue weighted by molar-refractivity contribution is 0.578. The summed E-state index contributed by atoms with van der Waals surface area (Å²) in [5.74, 6) is 0.148. The second-order valence-electron chi connectivity index (χ2n) is 6.74. The average molecular weight is 373 g/mol. The van der Waals surface area contributed by atoms with Gasteiger partial charge in [-0.2, -0.15) is 0 Å². The van der Waals surface area contributed by atoms with E-state index in [9.17, 15) is 13.2 Å². The molecule has 2 aromatic carbocycles. The molecule has 0 atom stereocenters. The smallest absolute Gasteiger partial charge is 0.271 e. The Hall–Kier alpha value is -2.54. The van der Waals surface area contributed by atoms with Crippen LogP contribution in [0, 0.1) is 5.92 Å². The Labute approximate surface area is 152 Å². The minimum atomic E-state index is -3.79. The zero-order valence-electron chi connectivity index (χ0n) is 15.1. The minimum Gasteiger partial charge on any atom is -0.298 e. The molecule has 0 spiro atoms. The van der Waals surface area contributed by atoms with Gasteiger partial charge in [-0.3, -0.25) is 19.3 Å². The third-order valence-electron chi connectivity index (χ3n) is 4.30. The van der Waals surface area contributed by atoms with Crippen LogP contribution < -0.4 is 9.86 Å². The number of H-pyrrole nitrogens is 2. The number of nitrogens with one attached hydrogen (secondary N) is 2. The van der Waals surface area contributed by atoms with E-state index in [-0.39, 0.29) is 16.4 Å². The Bertz CT molecular complexity index is 1060. The van der Waals surface area contributed by atoms with Gasteiger partial charge in [0.15, 0.2) is 0 Å². The lowest BCUT2D eigenvalue weighted by Gasteiger charge is -2.26. The topological polar surface area (TPSA) is 86.0 Å². The molecule has 0 fully saturated rings. The lowest BCUT2D eigenvalue weighted by Crippen LogP contribution is -2.34. The predicted octanol–water partition coefficient (Wildman–Crippen LogP) is 3.27. The summed E-state index contributed by atoms with van der Waals surface area (Å²) < 4.78 is 28.0. The fourth-order valence-corrected chi connectivity index (χ4v) is 4.53. The molecule has 1 heterocycles. The van der Waals surface area contributed by atoms with Crippen molar-refractivity contribution in [1.29, 1.82) is 0 Å². The highest BCUT2D eigenvalue weighted by Gasteiger charge is 2.26. The highest BCUT2D eigenvalue weighted by molar-refractivity contribution is 7.92. The average Bonchev–Trinajstić information content (AvgIpc) is 3.00. The largest absolute Gasteiger partial charge is 0.298 e. The monoisotopic (exact) mass is 373 g/mol. The summed E-state index contributed by atoms with van der Waals surface area (Å²) in [4.78, 5) is 12.0. The molecule has 0 amide bonds. The maximum absolute atomic E-state index is 13.3. The Balaban J connectivity index is 2.10. The van der Waals surface area contributed by atoms with Gasteiger partial charge in [-0.1, -0.05) is 32.9 Å². The molecule has 3 aromatic rings. The molecule has 0 unspecified atom stereocenters. The molecule has 0 aliphatic rings. The van der Waals surface area contributed by atoms with Crippen LogP contribution in [-0.4, -0.2) is 25.2 Å². The van der Waals surface area contributed by atoms with Crippen LogP contribution in [-0.2, 0) is 16.4 Å². The molecule has 0 radical (unpaired) electrons. The Morgan fingerprint density at radius 3 is 2.35 bits per heavy atom. The normalized spacial score (nSPS) is 12.0. The first-order valence-corrected chi connectivity index (χ1v) is 10.1. The number of nitrogens with zero attached hydrogens (tertiary/aromatic N) is 1. The van der Waals surface area contributed by atoms with E-state index < -0.39 is 10.0 Å².